The Balaban J connectivity index is 1.84. The second-order valence-corrected chi connectivity index (χ2v) is 5.85. The highest BCUT2D eigenvalue weighted by atomic mass is 16.4. The molecule has 0 saturated heterocycles. The van der Waals surface area contributed by atoms with Gasteiger partial charge in [0.1, 0.15) is 11.6 Å². The fourth-order valence-electron chi connectivity index (χ4n) is 2.87. The lowest BCUT2D eigenvalue weighted by molar-refractivity contribution is -0.139. The Hall–Kier alpha value is -2.11. The van der Waals surface area contributed by atoms with Crippen molar-refractivity contribution in [3.63, 3.8) is 0 Å². The summed E-state index contributed by atoms with van der Waals surface area (Å²) in [6.45, 7) is 0. The average molecular weight is 290 g/mol. The zero-order valence-electron chi connectivity index (χ0n) is 11.6. The normalized spacial score (nSPS) is 18.7. The summed E-state index contributed by atoms with van der Waals surface area (Å²) in [7, 11) is 0. The molecule has 1 atom stereocenters. The summed E-state index contributed by atoms with van der Waals surface area (Å²) < 4.78 is 0. The molecule has 6 nitrogen and oxygen atoms in total. The molecule has 0 bridgehead atoms. The molecule has 1 saturated carbocycles. The number of amides is 1. The Kier molecular flexibility index (Phi) is 3.53. The maximum absolute atomic E-state index is 12.2. The van der Waals surface area contributed by atoms with Crippen LogP contribution in [-0.2, 0) is 17.6 Å². The van der Waals surface area contributed by atoms with Crippen LogP contribution in [0.3, 0.4) is 0 Å². The van der Waals surface area contributed by atoms with E-state index in [0.717, 1.165) is 49.8 Å². The van der Waals surface area contributed by atoms with Gasteiger partial charge in [0, 0.05) is 5.69 Å². The number of hydrogen-bond acceptors (Lipinski definition) is 3. The van der Waals surface area contributed by atoms with E-state index in [4.69, 9.17) is 5.11 Å². The van der Waals surface area contributed by atoms with Crippen LogP contribution in [0.25, 0.3) is 0 Å². The Labute approximate surface area is 121 Å². The lowest BCUT2D eigenvalue weighted by Crippen LogP contribution is -2.44. The summed E-state index contributed by atoms with van der Waals surface area (Å²) in [6, 6.07) is 0.724. The number of carbonyl (C=O) groups excluding carboxylic acids is 1. The number of carboxylic acid groups (broad SMARTS) is 1. The van der Waals surface area contributed by atoms with Gasteiger partial charge < -0.3 is 15.4 Å². The van der Waals surface area contributed by atoms with E-state index in [1.165, 1.54) is 0 Å². The van der Waals surface area contributed by atoms with E-state index in [1.807, 2.05) is 0 Å². The minimum Gasteiger partial charge on any atom is -0.480 e. The first-order valence-corrected chi connectivity index (χ1v) is 7.35. The van der Waals surface area contributed by atoms with Crippen molar-refractivity contribution in [2.45, 2.75) is 44.6 Å². The van der Waals surface area contributed by atoms with Crippen LogP contribution in [0.1, 0.15) is 47.3 Å². The first-order valence-electron chi connectivity index (χ1n) is 7.35. The molecule has 0 aliphatic heterocycles. The minimum atomic E-state index is -1.04. The number of H-pyrrole nitrogens is 1. The molecule has 0 spiro atoms. The second-order valence-electron chi connectivity index (χ2n) is 5.85. The number of aromatic nitrogens is 1. The van der Waals surface area contributed by atoms with Crippen molar-refractivity contribution in [1.29, 1.82) is 0 Å². The lowest BCUT2D eigenvalue weighted by Gasteiger charge is -2.17. The van der Waals surface area contributed by atoms with Crippen molar-refractivity contribution in [1.82, 2.24) is 10.3 Å². The molecule has 0 aromatic carbocycles. The highest BCUT2D eigenvalue weighted by Crippen LogP contribution is 2.32. The van der Waals surface area contributed by atoms with Crippen molar-refractivity contribution < 1.29 is 14.7 Å². The molecule has 21 heavy (non-hydrogen) atoms. The first kappa shape index (κ1) is 13.9. The Morgan fingerprint density at radius 1 is 1.29 bits per heavy atom. The van der Waals surface area contributed by atoms with Crippen LogP contribution in [0.15, 0.2) is 10.9 Å². The number of pyridine rings is 1. The van der Waals surface area contributed by atoms with Gasteiger partial charge in [-0.25, -0.2) is 4.79 Å². The van der Waals surface area contributed by atoms with Gasteiger partial charge in [0.15, 0.2) is 0 Å². The highest BCUT2D eigenvalue weighted by molar-refractivity contribution is 5.96. The molecule has 1 heterocycles. The third kappa shape index (κ3) is 2.84. The number of hydrogen-bond donors (Lipinski definition) is 3. The van der Waals surface area contributed by atoms with Gasteiger partial charge in [-0.2, -0.15) is 0 Å². The molecule has 1 unspecified atom stereocenters. The Morgan fingerprint density at radius 3 is 2.67 bits per heavy atom. The summed E-state index contributed by atoms with van der Waals surface area (Å²) in [5, 5.41) is 11.6. The quantitative estimate of drug-likeness (QED) is 0.765. The molecule has 3 rings (SSSR count). The number of aliphatic carboxylic acids is 1. The number of aromatic amines is 1. The average Bonchev–Trinajstić information content (AvgIpc) is 3.27. The van der Waals surface area contributed by atoms with E-state index in [9.17, 15) is 14.4 Å². The van der Waals surface area contributed by atoms with Gasteiger partial charge >= 0.3 is 5.97 Å². The zero-order chi connectivity index (χ0) is 15.0. The summed E-state index contributed by atoms with van der Waals surface area (Å²) in [6.07, 6.45) is 5.36. The fraction of sp³-hybridized carbons (Fsp3) is 0.533. The predicted molar refractivity (Wildman–Crippen MR) is 75.3 cm³/mol. The smallest absolute Gasteiger partial charge is 0.326 e. The Morgan fingerprint density at radius 2 is 2.00 bits per heavy atom. The minimum absolute atomic E-state index is 0.0110. The standard InChI is InChI=1S/C15H18N2O4/c18-13-10(7-9-3-1-2-4-11(9)16-13)14(19)17-12(15(20)21)8-5-6-8/h7-8,12H,1-6H2,(H,16,18)(H,17,19)(H,20,21). The number of fused-ring (bicyclic) bond motifs is 1. The van der Waals surface area contributed by atoms with Crippen LogP contribution >= 0.6 is 0 Å². The monoisotopic (exact) mass is 290 g/mol. The van der Waals surface area contributed by atoms with Crippen LogP contribution < -0.4 is 10.9 Å². The molecule has 3 N–H and O–H groups in total. The highest BCUT2D eigenvalue weighted by Gasteiger charge is 2.37. The maximum Gasteiger partial charge on any atom is 0.326 e. The number of aryl methyl sites for hydroxylation is 2. The molecule has 0 radical (unpaired) electrons. The van der Waals surface area contributed by atoms with E-state index in [-0.39, 0.29) is 11.5 Å². The van der Waals surface area contributed by atoms with Gasteiger partial charge in [-0.05, 0) is 56.1 Å². The van der Waals surface area contributed by atoms with Crippen molar-refractivity contribution in [2.24, 2.45) is 5.92 Å². The van der Waals surface area contributed by atoms with Gasteiger partial charge in [0.05, 0.1) is 0 Å². The van der Waals surface area contributed by atoms with Gasteiger partial charge in [-0.1, -0.05) is 0 Å². The summed E-state index contributed by atoms with van der Waals surface area (Å²) in [4.78, 5) is 38.1. The maximum atomic E-state index is 12.2. The van der Waals surface area contributed by atoms with Gasteiger partial charge in [0.2, 0.25) is 0 Å². The SMILES string of the molecule is O=C(NC(C(=O)O)C1CC1)c1cc2c([nH]c1=O)CCCC2. The van der Waals surface area contributed by atoms with Gasteiger partial charge in [0.25, 0.3) is 11.5 Å². The molecule has 112 valence electrons. The predicted octanol–water partition coefficient (Wildman–Crippen LogP) is 0.847. The van der Waals surface area contributed by atoms with Crippen LogP contribution in [-0.4, -0.2) is 28.0 Å². The molecule has 1 fully saturated rings. The van der Waals surface area contributed by atoms with E-state index in [1.54, 1.807) is 6.07 Å². The van der Waals surface area contributed by atoms with Crippen LogP contribution in [0.4, 0.5) is 0 Å². The van der Waals surface area contributed by atoms with Crippen LogP contribution in [0.2, 0.25) is 0 Å². The van der Waals surface area contributed by atoms with Crippen molar-refractivity contribution >= 4 is 11.9 Å². The molecular formula is C15H18N2O4. The molecule has 1 aromatic rings. The Bertz CT molecular complexity index is 646. The molecular weight excluding hydrogens is 272 g/mol. The van der Waals surface area contributed by atoms with Gasteiger partial charge in [-0.15, -0.1) is 0 Å². The van der Waals surface area contributed by atoms with Crippen molar-refractivity contribution in [2.75, 3.05) is 0 Å². The molecule has 2 aliphatic rings. The topological polar surface area (TPSA) is 99.3 Å². The van der Waals surface area contributed by atoms with Crippen LogP contribution in [0, 0.1) is 5.92 Å². The first-order chi connectivity index (χ1) is 10.1. The number of carboxylic acids is 1. The molecule has 2 aliphatic carbocycles. The molecule has 6 heteroatoms. The number of carbonyl (C=O) groups is 2. The largest absolute Gasteiger partial charge is 0.480 e. The van der Waals surface area contributed by atoms with Gasteiger partial charge in [-0.3, -0.25) is 9.59 Å². The third-order valence-corrected chi connectivity index (χ3v) is 4.23. The summed E-state index contributed by atoms with van der Waals surface area (Å²) in [5.74, 6) is -1.65. The summed E-state index contributed by atoms with van der Waals surface area (Å²) >= 11 is 0. The van der Waals surface area contributed by atoms with Crippen LogP contribution in [0.5, 0.6) is 0 Å². The van der Waals surface area contributed by atoms with E-state index < -0.39 is 23.5 Å². The van der Waals surface area contributed by atoms with E-state index in [0.29, 0.717) is 0 Å². The molecule has 1 aromatic heterocycles. The molecule has 1 amide bonds. The summed E-state index contributed by atoms with van der Waals surface area (Å²) in [5.41, 5.74) is 1.47. The van der Waals surface area contributed by atoms with Crippen molar-refractivity contribution in [3.05, 3.63) is 33.2 Å². The van der Waals surface area contributed by atoms with E-state index >= 15 is 0 Å². The zero-order valence-corrected chi connectivity index (χ0v) is 11.6. The second kappa shape index (κ2) is 5.35. The van der Waals surface area contributed by atoms with Crippen molar-refractivity contribution in [3.8, 4) is 0 Å². The number of nitrogens with one attached hydrogen (secondary N) is 2. The fourth-order valence-corrected chi connectivity index (χ4v) is 2.87. The number of rotatable bonds is 4. The van der Waals surface area contributed by atoms with E-state index in [2.05, 4.69) is 10.3 Å². The lowest BCUT2D eigenvalue weighted by atomic mass is 9.95. The third-order valence-electron chi connectivity index (χ3n) is 4.23.